The topological polar surface area (TPSA) is 18.5 Å². The van der Waals surface area contributed by atoms with E-state index in [-0.39, 0.29) is 11.2 Å². The molecule has 0 bridgehead atoms. The molecule has 1 spiro atoms. The Morgan fingerprint density at radius 2 is 1.05 bits per heavy atom. The Bertz CT molecular complexity index is 285. The SMILES string of the molecule is CC(C)(C)OCCC1CC2(C1)CC(CCOC(C)(C)C)C2. The first kappa shape index (κ1) is 17.3. The maximum absolute atomic E-state index is 5.85. The zero-order valence-electron chi connectivity index (χ0n) is 15.1. The van der Waals surface area contributed by atoms with E-state index in [1.807, 2.05) is 0 Å². The second-order valence-corrected chi connectivity index (χ2v) is 9.55. The lowest BCUT2D eigenvalue weighted by Crippen LogP contribution is -2.48. The van der Waals surface area contributed by atoms with Crippen molar-refractivity contribution in [2.45, 2.75) is 91.3 Å². The van der Waals surface area contributed by atoms with Gasteiger partial charge in [0.15, 0.2) is 0 Å². The summed E-state index contributed by atoms with van der Waals surface area (Å²) in [6.45, 7) is 14.7. The fraction of sp³-hybridized carbons (Fsp3) is 1.00. The highest BCUT2D eigenvalue weighted by atomic mass is 16.5. The molecule has 2 fully saturated rings. The fourth-order valence-electron chi connectivity index (χ4n) is 4.14. The highest BCUT2D eigenvalue weighted by molar-refractivity contribution is 5.02. The van der Waals surface area contributed by atoms with Crippen molar-refractivity contribution < 1.29 is 9.47 Å². The largest absolute Gasteiger partial charge is 0.376 e. The van der Waals surface area contributed by atoms with E-state index < -0.39 is 0 Å². The zero-order valence-corrected chi connectivity index (χ0v) is 15.1. The van der Waals surface area contributed by atoms with E-state index in [1.54, 1.807) is 0 Å². The number of ether oxygens (including phenoxy) is 2. The maximum Gasteiger partial charge on any atom is 0.0598 e. The van der Waals surface area contributed by atoms with Gasteiger partial charge in [-0.05, 0) is 97.3 Å². The Morgan fingerprint density at radius 3 is 1.33 bits per heavy atom. The molecule has 2 nitrogen and oxygen atoms in total. The molecule has 2 aliphatic rings. The van der Waals surface area contributed by atoms with Gasteiger partial charge in [-0.1, -0.05) is 0 Å². The van der Waals surface area contributed by atoms with Crippen LogP contribution in [0.1, 0.15) is 80.1 Å². The molecule has 0 saturated heterocycles. The Morgan fingerprint density at radius 1 is 0.714 bits per heavy atom. The molecule has 0 radical (unpaired) electrons. The lowest BCUT2D eigenvalue weighted by Gasteiger charge is -2.58. The van der Waals surface area contributed by atoms with Crippen LogP contribution in [0.15, 0.2) is 0 Å². The average molecular weight is 296 g/mol. The van der Waals surface area contributed by atoms with Gasteiger partial charge in [-0.3, -0.25) is 0 Å². The summed E-state index contributed by atoms with van der Waals surface area (Å²) in [4.78, 5) is 0. The third kappa shape index (κ3) is 5.56. The molecule has 21 heavy (non-hydrogen) atoms. The molecule has 0 atom stereocenters. The van der Waals surface area contributed by atoms with E-state index in [0.29, 0.717) is 0 Å². The zero-order chi connectivity index (χ0) is 15.7. The van der Waals surface area contributed by atoms with Crippen molar-refractivity contribution in [3.8, 4) is 0 Å². The maximum atomic E-state index is 5.85. The summed E-state index contributed by atoms with van der Waals surface area (Å²) in [6, 6.07) is 0. The smallest absolute Gasteiger partial charge is 0.0598 e. The minimum atomic E-state index is 0.0239. The molecule has 2 heteroatoms. The molecule has 0 aromatic rings. The summed E-state index contributed by atoms with van der Waals surface area (Å²) in [5.41, 5.74) is 0.783. The van der Waals surface area contributed by atoms with Crippen molar-refractivity contribution in [2.75, 3.05) is 13.2 Å². The van der Waals surface area contributed by atoms with Crippen LogP contribution in [0.25, 0.3) is 0 Å². The van der Waals surface area contributed by atoms with Crippen LogP contribution in [-0.2, 0) is 9.47 Å². The quantitative estimate of drug-likeness (QED) is 0.670. The van der Waals surface area contributed by atoms with Gasteiger partial charge in [-0.15, -0.1) is 0 Å². The summed E-state index contributed by atoms with van der Waals surface area (Å²) >= 11 is 0. The number of hydrogen-bond acceptors (Lipinski definition) is 2. The molecule has 0 amide bonds. The normalized spacial score (nSPS) is 32.9. The van der Waals surface area contributed by atoms with Gasteiger partial charge in [0.1, 0.15) is 0 Å². The minimum absolute atomic E-state index is 0.0239. The summed E-state index contributed by atoms with van der Waals surface area (Å²) < 4.78 is 11.7. The monoisotopic (exact) mass is 296 g/mol. The average Bonchev–Trinajstić information content (AvgIpc) is 2.18. The Balaban J connectivity index is 1.51. The van der Waals surface area contributed by atoms with Crippen molar-refractivity contribution in [1.29, 1.82) is 0 Å². The van der Waals surface area contributed by atoms with E-state index in [9.17, 15) is 0 Å². The third-order valence-corrected chi connectivity index (χ3v) is 5.01. The second-order valence-electron chi connectivity index (χ2n) is 9.55. The molecule has 0 unspecified atom stereocenters. The number of hydrogen-bond donors (Lipinski definition) is 0. The first-order valence-corrected chi connectivity index (χ1v) is 8.85. The Labute approximate surface area is 132 Å². The molecule has 0 N–H and O–H groups in total. The predicted molar refractivity (Wildman–Crippen MR) is 88.5 cm³/mol. The van der Waals surface area contributed by atoms with Gasteiger partial charge in [0.2, 0.25) is 0 Å². The van der Waals surface area contributed by atoms with Crippen LogP contribution in [0.4, 0.5) is 0 Å². The molecule has 2 aliphatic carbocycles. The molecule has 2 saturated carbocycles. The van der Waals surface area contributed by atoms with Crippen LogP contribution in [-0.4, -0.2) is 24.4 Å². The Hall–Kier alpha value is -0.0800. The summed E-state index contributed by atoms with van der Waals surface area (Å²) in [7, 11) is 0. The minimum Gasteiger partial charge on any atom is -0.376 e. The van der Waals surface area contributed by atoms with Gasteiger partial charge in [0.25, 0.3) is 0 Å². The highest BCUT2D eigenvalue weighted by Crippen LogP contribution is 2.62. The highest BCUT2D eigenvalue weighted by Gasteiger charge is 2.51. The fourth-order valence-corrected chi connectivity index (χ4v) is 4.14. The van der Waals surface area contributed by atoms with Crippen molar-refractivity contribution in [1.82, 2.24) is 0 Å². The first-order valence-electron chi connectivity index (χ1n) is 8.85. The van der Waals surface area contributed by atoms with Crippen molar-refractivity contribution in [3.63, 3.8) is 0 Å². The third-order valence-electron chi connectivity index (χ3n) is 5.01. The van der Waals surface area contributed by atoms with Gasteiger partial charge in [0, 0.05) is 13.2 Å². The van der Waals surface area contributed by atoms with Gasteiger partial charge < -0.3 is 9.47 Å². The van der Waals surface area contributed by atoms with Gasteiger partial charge in [0.05, 0.1) is 11.2 Å². The van der Waals surface area contributed by atoms with Gasteiger partial charge >= 0.3 is 0 Å². The van der Waals surface area contributed by atoms with Gasteiger partial charge in [-0.2, -0.15) is 0 Å². The van der Waals surface area contributed by atoms with E-state index in [4.69, 9.17) is 9.47 Å². The summed E-state index contributed by atoms with van der Waals surface area (Å²) in [5, 5.41) is 0. The molecule has 0 aliphatic heterocycles. The van der Waals surface area contributed by atoms with Crippen LogP contribution in [0.2, 0.25) is 0 Å². The van der Waals surface area contributed by atoms with E-state index in [0.717, 1.165) is 30.5 Å². The molecular weight excluding hydrogens is 260 g/mol. The molecule has 0 aromatic carbocycles. The first-order chi connectivity index (χ1) is 9.57. The molecular formula is C19H36O2. The lowest BCUT2D eigenvalue weighted by molar-refractivity contribution is -0.0974. The van der Waals surface area contributed by atoms with Gasteiger partial charge in [-0.25, -0.2) is 0 Å². The number of rotatable bonds is 6. The standard InChI is InChI=1S/C19H36O2/c1-17(2,3)20-9-7-15-11-19(12-15)13-16(14-19)8-10-21-18(4,5)6/h15-16H,7-14H2,1-6H3. The van der Waals surface area contributed by atoms with Crippen LogP contribution >= 0.6 is 0 Å². The predicted octanol–water partition coefficient (Wildman–Crippen LogP) is 5.20. The van der Waals surface area contributed by atoms with E-state index in [1.165, 1.54) is 38.5 Å². The molecule has 0 heterocycles. The van der Waals surface area contributed by atoms with E-state index in [2.05, 4.69) is 41.5 Å². The van der Waals surface area contributed by atoms with Crippen LogP contribution < -0.4 is 0 Å². The second kappa shape index (κ2) is 6.20. The molecule has 2 rings (SSSR count). The lowest BCUT2D eigenvalue weighted by atomic mass is 9.47. The van der Waals surface area contributed by atoms with Crippen LogP contribution in [0.3, 0.4) is 0 Å². The van der Waals surface area contributed by atoms with Crippen molar-refractivity contribution >= 4 is 0 Å². The summed E-state index contributed by atoms with van der Waals surface area (Å²) in [6.07, 6.45) is 8.34. The Kier molecular flexibility index (Phi) is 5.10. The summed E-state index contributed by atoms with van der Waals surface area (Å²) in [5.74, 6) is 1.86. The van der Waals surface area contributed by atoms with E-state index >= 15 is 0 Å². The molecule has 0 aromatic heterocycles. The molecule has 124 valence electrons. The van der Waals surface area contributed by atoms with Crippen LogP contribution in [0, 0.1) is 17.3 Å². The van der Waals surface area contributed by atoms with Crippen LogP contribution in [0.5, 0.6) is 0 Å². The van der Waals surface area contributed by atoms with Crippen molar-refractivity contribution in [3.05, 3.63) is 0 Å². The van der Waals surface area contributed by atoms with Crippen molar-refractivity contribution in [2.24, 2.45) is 17.3 Å².